The van der Waals surface area contributed by atoms with E-state index in [9.17, 15) is 10.2 Å². The van der Waals surface area contributed by atoms with Crippen molar-refractivity contribution in [3.8, 4) is 0 Å². The zero-order valence-electron chi connectivity index (χ0n) is 21.4. The van der Waals surface area contributed by atoms with Gasteiger partial charge in [0.25, 0.3) is 0 Å². The molecule has 0 aromatic rings. The van der Waals surface area contributed by atoms with Crippen LogP contribution >= 0.6 is 17.0 Å². The van der Waals surface area contributed by atoms with Crippen molar-refractivity contribution in [2.45, 2.75) is 141 Å². The number of halogens is 1. The Balaban J connectivity index is 0. The summed E-state index contributed by atoms with van der Waals surface area (Å²) >= 11 is 0. The molecule has 1 heterocycles. The van der Waals surface area contributed by atoms with Gasteiger partial charge in [0.1, 0.15) is 0 Å². The van der Waals surface area contributed by atoms with Gasteiger partial charge in [-0.3, -0.25) is 4.90 Å². The van der Waals surface area contributed by atoms with E-state index in [0.29, 0.717) is 6.42 Å². The Morgan fingerprint density at radius 2 is 1.12 bits per heavy atom. The second kappa shape index (κ2) is 25.9. The number of aliphatic hydroxyl groups excluding tert-OH is 1. The highest BCUT2D eigenvalue weighted by molar-refractivity contribution is 8.93. The van der Waals surface area contributed by atoms with E-state index in [-0.39, 0.29) is 29.2 Å². The highest BCUT2D eigenvalue weighted by Gasteiger charge is 2.23. The van der Waals surface area contributed by atoms with Crippen LogP contribution in [0.4, 0.5) is 0 Å². The summed E-state index contributed by atoms with van der Waals surface area (Å²) in [6.45, 7) is 6.35. The fourth-order valence-electron chi connectivity index (χ4n) is 4.79. The third-order valence-electron chi connectivity index (χ3n) is 6.75. The van der Waals surface area contributed by atoms with E-state index < -0.39 is 6.29 Å². The van der Waals surface area contributed by atoms with Crippen LogP contribution in [0.25, 0.3) is 0 Å². The Labute approximate surface area is 210 Å². The Morgan fingerprint density at radius 3 is 1.53 bits per heavy atom. The molecule has 0 bridgehead atoms. The maximum absolute atomic E-state index is 9.25. The van der Waals surface area contributed by atoms with Crippen LogP contribution in [0.15, 0.2) is 0 Å². The summed E-state index contributed by atoms with van der Waals surface area (Å²) in [6, 6.07) is 0.282. The second-order valence-electron chi connectivity index (χ2n) is 9.62. The second-order valence-corrected chi connectivity index (χ2v) is 9.62. The van der Waals surface area contributed by atoms with E-state index in [4.69, 9.17) is 0 Å². The van der Waals surface area contributed by atoms with Gasteiger partial charge in [0, 0.05) is 32.1 Å². The average Bonchev–Trinajstić information content (AvgIpc) is 2.73. The predicted octanol–water partition coefficient (Wildman–Crippen LogP) is 6.74. The summed E-state index contributed by atoms with van der Waals surface area (Å²) in [7, 11) is 0. The molecule has 0 saturated carbocycles. The van der Waals surface area contributed by atoms with Crippen molar-refractivity contribution in [2.75, 3.05) is 26.2 Å². The van der Waals surface area contributed by atoms with Gasteiger partial charge in [-0.2, -0.15) is 0 Å². The van der Waals surface area contributed by atoms with Crippen LogP contribution in [-0.2, 0) is 0 Å². The highest BCUT2D eigenvalue weighted by Crippen LogP contribution is 2.15. The number of unbranched alkanes of at least 4 members (excludes halogenated alkanes) is 17. The lowest BCUT2D eigenvalue weighted by atomic mass is 10.0. The molecule has 5 nitrogen and oxygen atoms in total. The Morgan fingerprint density at radius 1 is 0.719 bits per heavy atom. The van der Waals surface area contributed by atoms with E-state index in [2.05, 4.69) is 17.1 Å². The first kappa shape index (κ1) is 34.4. The minimum absolute atomic E-state index is 0. The summed E-state index contributed by atoms with van der Waals surface area (Å²) < 4.78 is 0. The molecule has 1 aliphatic rings. The molecule has 0 spiro atoms. The molecule has 32 heavy (non-hydrogen) atoms. The molecular formula is C26H58BrN3O2. The van der Waals surface area contributed by atoms with Crippen LogP contribution in [0.5, 0.6) is 0 Å². The topological polar surface area (TPSA) is 90.7 Å². The maximum atomic E-state index is 9.25. The van der Waals surface area contributed by atoms with E-state index in [0.717, 1.165) is 26.2 Å². The third-order valence-corrected chi connectivity index (χ3v) is 6.75. The standard InChI is InChI=1S/C26H54N2O2.BrH.H3N/c1-2-3-4-5-6-7-8-9-10-11-12-13-14-15-16-17-18-19-21-28-22-20-27-24-25(28)23-26(29)30;;/h25-27,29-30H,2-24H2,1H3;1H;1H3. The number of aliphatic hydroxyl groups is 2. The molecule has 0 aromatic carbocycles. The van der Waals surface area contributed by atoms with Gasteiger partial charge < -0.3 is 21.7 Å². The van der Waals surface area contributed by atoms with Crippen molar-refractivity contribution in [1.82, 2.24) is 16.4 Å². The number of hydrogen-bond donors (Lipinski definition) is 4. The average molecular weight is 525 g/mol. The van der Waals surface area contributed by atoms with Gasteiger partial charge in [0.05, 0.1) is 0 Å². The van der Waals surface area contributed by atoms with Crippen molar-refractivity contribution in [3.63, 3.8) is 0 Å². The van der Waals surface area contributed by atoms with Crippen LogP contribution in [0.3, 0.4) is 0 Å². The summed E-state index contributed by atoms with van der Waals surface area (Å²) in [6.07, 6.45) is 24.7. The van der Waals surface area contributed by atoms with Gasteiger partial charge >= 0.3 is 0 Å². The molecule has 1 fully saturated rings. The summed E-state index contributed by atoms with van der Waals surface area (Å²) in [5.74, 6) is 0. The molecule has 0 amide bonds. The predicted molar refractivity (Wildman–Crippen MR) is 145 cm³/mol. The molecule has 0 aliphatic carbocycles. The molecule has 6 heteroatoms. The molecule has 0 radical (unpaired) electrons. The molecule has 196 valence electrons. The Bertz CT molecular complexity index is 362. The van der Waals surface area contributed by atoms with Gasteiger partial charge in [0.2, 0.25) is 0 Å². The largest absolute Gasteiger partial charge is 0.368 e. The van der Waals surface area contributed by atoms with Crippen molar-refractivity contribution in [2.24, 2.45) is 0 Å². The van der Waals surface area contributed by atoms with Crippen LogP contribution in [0.1, 0.15) is 129 Å². The van der Waals surface area contributed by atoms with Gasteiger partial charge in [-0.05, 0) is 13.0 Å². The van der Waals surface area contributed by atoms with E-state index in [1.807, 2.05) is 0 Å². The number of nitrogens with zero attached hydrogens (tertiary/aromatic N) is 1. The molecule has 6 N–H and O–H groups in total. The fourth-order valence-corrected chi connectivity index (χ4v) is 4.79. The summed E-state index contributed by atoms with van der Waals surface area (Å²) in [5.41, 5.74) is 0. The van der Waals surface area contributed by atoms with Crippen LogP contribution in [0, 0.1) is 0 Å². The normalized spacial score (nSPS) is 16.7. The fraction of sp³-hybridized carbons (Fsp3) is 1.00. The Kier molecular flexibility index (Phi) is 27.9. The van der Waals surface area contributed by atoms with Gasteiger partial charge in [0.15, 0.2) is 6.29 Å². The van der Waals surface area contributed by atoms with Gasteiger partial charge in [-0.1, -0.05) is 116 Å². The van der Waals surface area contributed by atoms with Gasteiger partial charge in [-0.25, -0.2) is 0 Å². The van der Waals surface area contributed by atoms with Gasteiger partial charge in [-0.15, -0.1) is 17.0 Å². The molecule has 1 aliphatic heterocycles. The van der Waals surface area contributed by atoms with Crippen molar-refractivity contribution >= 4 is 17.0 Å². The lowest BCUT2D eigenvalue weighted by Crippen LogP contribution is -2.52. The smallest absolute Gasteiger partial charge is 0.152 e. The number of hydrogen-bond acceptors (Lipinski definition) is 5. The van der Waals surface area contributed by atoms with E-state index >= 15 is 0 Å². The van der Waals surface area contributed by atoms with Crippen molar-refractivity contribution in [1.29, 1.82) is 0 Å². The first-order valence-electron chi connectivity index (χ1n) is 13.5. The van der Waals surface area contributed by atoms with E-state index in [1.54, 1.807) is 0 Å². The highest BCUT2D eigenvalue weighted by atomic mass is 79.9. The monoisotopic (exact) mass is 523 g/mol. The first-order valence-corrected chi connectivity index (χ1v) is 13.5. The zero-order valence-corrected chi connectivity index (χ0v) is 23.1. The maximum Gasteiger partial charge on any atom is 0.152 e. The molecular weight excluding hydrogens is 466 g/mol. The van der Waals surface area contributed by atoms with Crippen molar-refractivity contribution in [3.05, 3.63) is 0 Å². The number of rotatable bonds is 21. The number of piperazine rings is 1. The third kappa shape index (κ3) is 20.9. The number of nitrogens with one attached hydrogen (secondary N) is 1. The molecule has 1 atom stereocenters. The Hall–Kier alpha value is 0.280. The zero-order chi connectivity index (χ0) is 21.7. The van der Waals surface area contributed by atoms with E-state index in [1.165, 1.54) is 116 Å². The first-order chi connectivity index (χ1) is 14.7. The summed E-state index contributed by atoms with van der Waals surface area (Å²) in [4.78, 5) is 2.45. The van der Waals surface area contributed by atoms with Crippen LogP contribution in [0.2, 0.25) is 0 Å². The lowest BCUT2D eigenvalue weighted by Gasteiger charge is -2.36. The molecule has 0 aromatic heterocycles. The van der Waals surface area contributed by atoms with Crippen LogP contribution in [-0.4, -0.2) is 53.6 Å². The van der Waals surface area contributed by atoms with Crippen molar-refractivity contribution < 1.29 is 10.2 Å². The minimum Gasteiger partial charge on any atom is -0.368 e. The molecule has 1 rings (SSSR count). The van der Waals surface area contributed by atoms with Crippen LogP contribution < -0.4 is 11.5 Å². The lowest BCUT2D eigenvalue weighted by molar-refractivity contribution is -0.0644. The quantitative estimate of drug-likeness (QED) is 0.0986. The SMILES string of the molecule is Br.CCCCCCCCCCCCCCCCCCCCN1CCNCC1CC(O)O.N. The minimum atomic E-state index is -1.18. The summed E-state index contributed by atoms with van der Waals surface area (Å²) in [5, 5.41) is 21.9. The molecule has 1 saturated heterocycles. The molecule has 1 unspecified atom stereocenters.